The minimum absolute atomic E-state index is 0.0226. The van der Waals surface area contributed by atoms with E-state index < -0.39 is 0 Å². The van der Waals surface area contributed by atoms with Crippen molar-refractivity contribution in [2.75, 3.05) is 18.9 Å². The Morgan fingerprint density at radius 2 is 1.95 bits per heavy atom. The van der Waals surface area contributed by atoms with E-state index in [4.69, 9.17) is 0 Å². The molecule has 0 aromatic heterocycles. The number of aliphatic imine (C=N–C) groups is 1. The quantitative estimate of drug-likeness (QED) is 0.427. The highest BCUT2D eigenvalue weighted by atomic mass is 16.1. The van der Waals surface area contributed by atoms with Gasteiger partial charge in [-0.3, -0.25) is 9.79 Å². The molecule has 0 saturated carbocycles. The second-order valence-corrected chi connectivity index (χ2v) is 4.94. The first-order chi connectivity index (χ1) is 10.1. The van der Waals surface area contributed by atoms with Gasteiger partial charge in [-0.2, -0.15) is 0 Å². The summed E-state index contributed by atoms with van der Waals surface area (Å²) in [5.41, 5.74) is 1.92. The Balaban J connectivity index is 2.51. The first-order valence-corrected chi connectivity index (χ1v) is 7.02. The molecule has 1 aromatic rings. The molecule has 5 heteroatoms. The highest BCUT2D eigenvalue weighted by Gasteiger charge is 2.06. The van der Waals surface area contributed by atoms with Gasteiger partial charge in [0.2, 0.25) is 5.91 Å². The summed E-state index contributed by atoms with van der Waals surface area (Å²) in [5, 5.41) is 9.17. The zero-order chi connectivity index (χ0) is 15.7. The van der Waals surface area contributed by atoms with E-state index in [0.29, 0.717) is 13.1 Å². The highest BCUT2D eigenvalue weighted by Crippen LogP contribution is 2.10. The first kappa shape index (κ1) is 16.8. The number of carbonyl (C=O) groups excluding carboxylic acids is 1. The number of guanidine groups is 1. The fourth-order valence-electron chi connectivity index (χ4n) is 1.57. The van der Waals surface area contributed by atoms with Gasteiger partial charge in [0.05, 0.1) is 0 Å². The lowest BCUT2D eigenvalue weighted by Gasteiger charge is -2.11. The van der Waals surface area contributed by atoms with Crippen molar-refractivity contribution in [3.63, 3.8) is 0 Å². The van der Waals surface area contributed by atoms with Crippen molar-refractivity contribution in [2.24, 2.45) is 10.9 Å². The Kier molecular flexibility index (Phi) is 7.01. The number of hydrogen-bond acceptors (Lipinski definition) is 2. The molecule has 0 saturated heterocycles. The smallest absolute Gasteiger partial charge is 0.226 e. The summed E-state index contributed by atoms with van der Waals surface area (Å²) < 4.78 is 0. The van der Waals surface area contributed by atoms with E-state index in [9.17, 15) is 4.79 Å². The van der Waals surface area contributed by atoms with Crippen LogP contribution in [0.5, 0.6) is 0 Å². The molecule has 0 heterocycles. The molecule has 0 aliphatic rings. The first-order valence-electron chi connectivity index (χ1n) is 7.02. The molecule has 114 valence electrons. The Morgan fingerprint density at radius 1 is 1.29 bits per heavy atom. The van der Waals surface area contributed by atoms with Crippen LogP contribution in [0.25, 0.3) is 0 Å². The summed E-state index contributed by atoms with van der Waals surface area (Å²) in [6, 6.07) is 7.75. The summed E-state index contributed by atoms with van der Waals surface area (Å²) >= 11 is 0. The third kappa shape index (κ3) is 6.12. The van der Waals surface area contributed by atoms with Crippen molar-refractivity contribution < 1.29 is 4.79 Å². The molecule has 0 unspecified atom stereocenters. The third-order valence-electron chi connectivity index (χ3n) is 2.84. The van der Waals surface area contributed by atoms with E-state index in [2.05, 4.69) is 27.5 Å². The lowest BCUT2D eigenvalue weighted by atomic mass is 10.1. The third-order valence-corrected chi connectivity index (χ3v) is 2.84. The minimum atomic E-state index is -0.0226. The van der Waals surface area contributed by atoms with Gasteiger partial charge in [0, 0.05) is 31.7 Å². The van der Waals surface area contributed by atoms with Gasteiger partial charge in [-0.1, -0.05) is 32.1 Å². The zero-order valence-electron chi connectivity index (χ0n) is 12.9. The Hall–Kier alpha value is -2.30. The van der Waals surface area contributed by atoms with Gasteiger partial charge in [-0.05, 0) is 17.7 Å². The van der Waals surface area contributed by atoms with Crippen LogP contribution in [0, 0.1) is 5.92 Å². The molecule has 0 fully saturated rings. The number of carbonyl (C=O) groups is 1. The summed E-state index contributed by atoms with van der Waals surface area (Å²) in [6.07, 6.45) is 1.78. The number of nitrogens with one attached hydrogen (secondary N) is 3. The highest BCUT2D eigenvalue weighted by molar-refractivity contribution is 5.92. The van der Waals surface area contributed by atoms with Crippen LogP contribution in [0.3, 0.4) is 0 Å². The summed E-state index contributed by atoms with van der Waals surface area (Å²) in [4.78, 5) is 15.7. The van der Waals surface area contributed by atoms with Gasteiger partial charge in [-0.15, -0.1) is 6.58 Å². The van der Waals surface area contributed by atoms with Crippen LogP contribution in [0.2, 0.25) is 0 Å². The molecule has 1 rings (SSSR count). The van der Waals surface area contributed by atoms with E-state index >= 15 is 0 Å². The molecular weight excluding hydrogens is 264 g/mol. The van der Waals surface area contributed by atoms with Crippen LogP contribution in [0.1, 0.15) is 19.4 Å². The van der Waals surface area contributed by atoms with Crippen LogP contribution >= 0.6 is 0 Å². The van der Waals surface area contributed by atoms with Crippen molar-refractivity contribution in [3.8, 4) is 0 Å². The lowest BCUT2D eigenvalue weighted by molar-refractivity contribution is -0.118. The summed E-state index contributed by atoms with van der Waals surface area (Å²) in [6.45, 7) is 8.72. The van der Waals surface area contributed by atoms with Crippen LogP contribution < -0.4 is 16.0 Å². The number of rotatable bonds is 6. The van der Waals surface area contributed by atoms with Gasteiger partial charge in [-0.25, -0.2) is 0 Å². The number of amides is 1. The monoisotopic (exact) mass is 288 g/mol. The van der Waals surface area contributed by atoms with E-state index in [1.807, 2.05) is 38.1 Å². The molecule has 3 N–H and O–H groups in total. The Morgan fingerprint density at radius 3 is 2.48 bits per heavy atom. The zero-order valence-corrected chi connectivity index (χ0v) is 12.9. The van der Waals surface area contributed by atoms with Gasteiger partial charge >= 0.3 is 0 Å². The van der Waals surface area contributed by atoms with E-state index in [0.717, 1.165) is 17.2 Å². The largest absolute Gasteiger partial charge is 0.353 e. The normalized spacial score (nSPS) is 11.1. The predicted octanol–water partition coefficient (Wildman–Crippen LogP) is 2.13. The molecule has 5 nitrogen and oxygen atoms in total. The number of anilines is 1. The van der Waals surface area contributed by atoms with Crippen LogP contribution in [0.4, 0.5) is 5.69 Å². The van der Waals surface area contributed by atoms with Crippen molar-refractivity contribution in [3.05, 3.63) is 42.5 Å². The fraction of sp³-hybridized carbons (Fsp3) is 0.375. The number of hydrogen-bond donors (Lipinski definition) is 3. The summed E-state index contributed by atoms with van der Waals surface area (Å²) in [5.74, 6) is 0.729. The molecule has 0 spiro atoms. The second-order valence-electron chi connectivity index (χ2n) is 4.94. The molecule has 0 radical (unpaired) electrons. The molecule has 0 atom stereocenters. The van der Waals surface area contributed by atoms with Gasteiger partial charge in [0.25, 0.3) is 0 Å². The standard InChI is InChI=1S/C16H24N4O/c1-5-10-18-16(17-4)19-11-13-6-8-14(9-7-13)20-15(21)12(2)3/h5-9,12H,1,10-11H2,2-4H3,(H,20,21)(H2,17,18,19). The van der Waals surface area contributed by atoms with E-state index in [1.54, 1.807) is 13.1 Å². The maximum absolute atomic E-state index is 11.6. The van der Waals surface area contributed by atoms with E-state index in [1.165, 1.54) is 0 Å². The Bertz CT molecular complexity index is 492. The predicted molar refractivity (Wildman–Crippen MR) is 88.3 cm³/mol. The average molecular weight is 288 g/mol. The molecule has 0 aliphatic heterocycles. The van der Waals surface area contributed by atoms with Crippen LogP contribution in [0.15, 0.2) is 41.9 Å². The van der Waals surface area contributed by atoms with Crippen molar-refractivity contribution >= 4 is 17.6 Å². The van der Waals surface area contributed by atoms with Crippen molar-refractivity contribution in [1.29, 1.82) is 0 Å². The molecular formula is C16H24N4O. The maximum Gasteiger partial charge on any atom is 0.226 e. The second kappa shape index (κ2) is 8.79. The van der Waals surface area contributed by atoms with Gasteiger partial charge in [0.15, 0.2) is 5.96 Å². The maximum atomic E-state index is 11.6. The average Bonchev–Trinajstić information content (AvgIpc) is 2.49. The SMILES string of the molecule is C=CCNC(=NC)NCc1ccc(NC(=O)C(C)C)cc1. The number of nitrogens with zero attached hydrogens (tertiary/aromatic N) is 1. The molecule has 1 amide bonds. The lowest BCUT2D eigenvalue weighted by Crippen LogP contribution is -2.36. The minimum Gasteiger partial charge on any atom is -0.353 e. The van der Waals surface area contributed by atoms with Crippen LogP contribution in [-0.2, 0) is 11.3 Å². The topological polar surface area (TPSA) is 65.5 Å². The number of benzene rings is 1. The molecule has 1 aromatic carbocycles. The van der Waals surface area contributed by atoms with E-state index in [-0.39, 0.29) is 11.8 Å². The molecule has 0 aliphatic carbocycles. The Labute approximate surface area is 126 Å². The van der Waals surface area contributed by atoms with Crippen molar-refractivity contribution in [2.45, 2.75) is 20.4 Å². The molecule has 0 bridgehead atoms. The van der Waals surface area contributed by atoms with Crippen molar-refractivity contribution in [1.82, 2.24) is 10.6 Å². The van der Waals surface area contributed by atoms with Crippen LogP contribution in [-0.4, -0.2) is 25.5 Å². The van der Waals surface area contributed by atoms with Gasteiger partial charge < -0.3 is 16.0 Å². The summed E-state index contributed by atoms with van der Waals surface area (Å²) in [7, 11) is 1.73. The fourth-order valence-corrected chi connectivity index (χ4v) is 1.57. The molecule has 21 heavy (non-hydrogen) atoms. The van der Waals surface area contributed by atoms with Gasteiger partial charge in [0.1, 0.15) is 0 Å².